The predicted molar refractivity (Wildman–Crippen MR) is 72.4 cm³/mol. The number of aromatic nitrogens is 1. The number of nitrogens with one attached hydrogen (secondary N) is 1. The number of aliphatic hydroxyl groups is 1. The zero-order valence-corrected chi connectivity index (χ0v) is 10.9. The first-order chi connectivity index (χ1) is 8.09. The fourth-order valence-corrected chi connectivity index (χ4v) is 2.43. The standard InChI is InChI=1S/C15H21NO/c1-10-7-8-11(2)15-14(10)13(9-16-15)6-4-5-12(3)17/h7-9,12,16-17H,4-6H2,1-3H3. The molecule has 0 aliphatic rings. The number of aliphatic hydroxyl groups excluding tert-OH is 1. The third kappa shape index (κ3) is 2.52. The second kappa shape index (κ2) is 4.92. The molecule has 17 heavy (non-hydrogen) atoms. The van der Waals surface area contributed by atoms with E-state index < -0.39 is 0 Å². The van der Waals surface area contributed by atoms with Gasteiger partial charge in [0.05, 0.1) is 6.10 Å². The van der Waals surface area contributed by atoms with E-state index in [-0.39, 0.29) is 6.10 Å². The van der Waals surface area contributed by atoms with E-state index in [1.165, 1.54) is 27.6 Å². The van der Waals surface area contributed by atoms with Crippen LogP contribution in [0.25, 0.3) is 10.9 Å². The highest BCUT2D eigenvalue weighted by molar-refractivity contribution is 5.88. The van der Waals surface area contributed by atoms with Crippen molar-refractivity contribution >= 4 is 10.9 Å². The molecule has 2 aromatic rings. The first-order valence-corrected chi connectivity index (χ1v) is 6.34. The normalized spacial score (nSPS) is 13.2. The van der Waals surface area contributed by atoms with Gasteiger partial charge in [0.25, 0.3) is 0 Å². The summed E-state index contributed by atoms with van der Waals surface area (Å²) in [6.07, 6.45) is 4.88. The van der Waals surface area contributed by atoms with Crippen LogP contribution in [-0.2, 0) is 6.42 Å². The van der Waals surface area contributed by atoms with Gasteiger partial charge in [0.2, 0.25) is 0 Å². The highest BCUT2D eigenvalue weighted by atomic mass is 16.3. The Morgan fingerprint density at radius 2 is 1.94 bits per heavy atom. The lowest BCUT2D eigenvalue weighted by Gasteiger charge is -2.05. The van der Waals surface area contributed by atoms with Crippen molar-refractivity contribution in [2.24, 2.45) is 0 Å². The summed E-state index contributed by atoms with van der Waals surface area (Å²) in [5.41, 5.74) is 5.27. The third-order valence-electron chi connectivity index (χ3n) is 3.40. The summed E-state index contributed by atoms with van der Waals surface area (Å²) in [7, 11) is 0. The fraction of sp³-hybridized carbons (Fsp3) is 0.467. The molecule has 1 heterocycles. The second-order valence-electron chi connectivity index (χ2n) is 5.00. The van der Waals surface area contributed by atoms with Gasteiger partial charge in [-0.3, -0.25) is 0 Å². The van der Waals surface area contributed by atoms with E-state index >= 15 is 0 Å². The van der Waals surface area contributed by atoms with Gasteiger partial charge < -0.3 is 10.1 Å². The first-order valence-electron chi connectivity index (χ1n) is 6.34. The van der Waals surface area contributed by atoms with Gasteiger partial charge in [-0.05, 0) is 56.7 Å². The summed E-state index contributed by atoms with van der Waals surface area (Å²) < 4.78 is 0. The Kier molecular flexibility index (Phi) is 3.53. The summed E-state index contributed by atoms with van der Waals surface area (Å²) in [5, 5.41) is 10.7. The van der Waals surface area contributed by atoms with E-state index in [9.17, 15) is 5.11 Å². The molecule has 0 radical (unpaired) electrons. The van der Waals surface area contributed by atoms with Crippen LogP contribution in [0.5, 0.6) is 0 Å². The van der Waals surface area contributed by atoms with Crippen molar-refractivity contribution in [3.8, 4) is 0 Å². The summed E-state index contributed by atoms with van der Waals surface area (Å²) >= 11 is 0. The molecule has 2 rings (SSSR count). The Labute approximate surface area is 103 Å². The number of H-pyrrole nitrogens is 1. The maximum absolute atomic E-state index is 9.29. The summed E-state index contributed by atoms with van der Waals surface area (Å²) in [6.45, 7) is 6.15. The van der Waals surface area contributed by atoms with Gasteiger partial charge in [-0.1, -0.05) is 12.1 Å². The van der Waals surface area contributed by atoms with Gasteiger partial charge in [-0.25, -0.2) is 0 Å². The molecule has 1 aromatic heterocycles. The number of aromatic amines is 1. The number of benzene rings is 1. The molecule has 0 aliphatic carbocycles. The van der Waals surface area contributed by atoms with Gasteiger partial charge in [0.15, 0.2) is 0 Å². The SMILES string of the molecule is Cc1ccc(C)c2c(CCCC(C)O)c[nH]c12. The Morgan fingerprint density at radius 1 is 1.24 bits per heavy atom. The average molecular weight is 231 g/mol. The minimum absolute atomic E-state index is 0.192. The van der Waals surface area contributed by atoms with Crippen molar-refractivity contribution in [3.63, 3.8) is 0 Å². The molecule has 0 amide bonds. The molecule has 1 aromatic carbocycles. The molecule has 0 bridgehead atoms. The van der Waals surface area contributed by atoms with Gasteiger partial charge in [-0.15, -0.1) is 0 Å². The van der Waals surface area contributed by atoms with Crippen molar-refractivity contribution in [1.29, 1.82) is 0 Å². The Bertz CT molecular complexity index is 511. The van der Waals surface area contributed by atoms with Crippen molar-refractivity contribution in [3.05, 3.63) is 35.0 Å². The Balaban J connectivity index is 2.26. The lowest BCUT2D eigenvalue weighted by molar-refractivity contribution is 0.182. The summed E-state index contributed by atoms with van der Waals surface area (Å²) in [4.78, 5) is 3.37. The molecule has 1 atom stereocenters. The van der Waals surface area contributed by atoms with Gasteiger partial charge in [0.1, 0.15) is 0 Å². The van der Waals surface area contributed by atoms with Crippen LogP contribution in [0.15, 0.2) is 18.3 Å². The quantitative estimate of drug-likeness (QED) is 0.830. The lowest BCUT2D eigenvalue weighted by atomic mass is 10.0. The van der Waals surface area contributed by atoms with Crippen LogP contribution in [0, 0.1) is 13.8 Å². The molecule has 0 saturated carbocycles. The number of hydrogen-bond acceptors (Lipinski definition) is 1. The van der Waals surface area contributed by atoms with Crippen LogP contribution in [0.1, 0.15) is 36.5 Å². The second-order valence-corrected chi connectivity index (χ2v) is 5.00. The predicted octanol–water partition coefficient (Wildman–Crippen LogP) is 3.49. The van der Waals surface area contributed by atoms with Crippen molar-refractivity contribution in [2.45, 2.75) is 46.1 Å². The zero-order chi connectivity index (χ0) is 12.4. The monoisotopic (exact) mass is 231 g/mol. The van der Waals surface area contributed by atoms with Crippen LogP contribution < -0.4 is 0 Å². The topological polar surface area (TPSA) is 36.0 Å². The van der Waals surface area contributed by atoms with E-state index in [0.29, 0.717) is 0 Å². The Morgan fingerprint density at radius 3 is 2.65 bits per heavy atom. The first kappa shape index (κ1) is 12.2. The van der Waals surface area contributed by atoms with Gasteiger partial charge in [0, 0.05) is 17.1 Å². The zero-order valence-electron chi connectivity index (χ0n) is 10.9. The number of rotatable bonds is 4. The summed E-state index contributed by atoms with van der Waals surface area (Å²) in [5.74, 6) is 0. The van der Waals surface area contributed by atoms with E-state index in [1.54, 1.807) is 0 Å². The van der Waals surface area contributed by atoms with Gasteiger partial charge in [-0.2, -0.15) is 0 Å². The molecule has 0 spiro atoms. The molecule has 1 unspecified atom stereocenters. The number of fused-ring (bicyclic) bond motifs is 1. The fourth-order valence-electron chi connectivity index (χ4n) is 2.43. The van der Waals surface area contributed by atoms with E-state index in [2.05, 4.69) is 37.2 Å². The van der Waals surface area contributed by atoms with E-state index in [0.717, 1.165) is 19.3 Å². The molecule has 2 nitrogen and oxygen atoms in total. The minimum atomic E-state index is -0.192. The summed E-state index contributed by atoms with van der Waals surface area (Å²) in [6, 6.07) is 4.34. The van der Waals surface area contributed by atoms with Crippen molar-refractivity contribution < 1.29 is 5.11 Å². The minimum Gasteiger partial charge on any atom is -0.393 e. The number of hydrogen-bond donors (Lipinski definition) is 2. The molecule has 0 fully saturated rings. The molecule has 2 heteroatoms. The van der Waals surface area contributed by atoms with Crippen LogP contribution in [0.3, 0.4) is 0 Å². The van der Waals surface area contributed by atoms with E-state index in [1.807, 2.05) is 6.92 Å². The molecular formula is C15H21NO. The van der Waals surface area contributed by atoms with Crippen LogP contribution in [0.4, 0.5) is 0 Å². The maximum Gasteiger partial charge on any atom is 0.0512 e. The maximum atomic E-state index is 9.29. The third-order valence-corrected chi connectivity index (χ3v) is 3.40. The Hall–Kier alpha value is -1.28. The number of aryl methyl sites for hydroxylation is 3. The van der Waals surface area contributed by atoms with E-state index in [4.69, 9.17) is 0 Å². The molecule has 0 saturated heterocycles. The van der Waals surface area contributed by atoms with Crippen molar-refractivity contribution in [1.82, 2.24) is 4.98 Å². The molecule has 0 aliphatic heterocycles. The smallest absolute Gasteiger partial charge is 0.0512 e. The molecular weight excluding hydrogens is 210 g/mol. The van der Waals surface area contributed by atoms with Crippen molar-refractivity contribution in [2.75, 3.05) is 0 Å². The lowest BCUT2D eigenvalue weighted by Crippen LogP contribution is -1.99. The molecule has 92 valence electrons. The highest BCUT2D eigenvalue weighted by Gasteiger charge is 2.08. The largest absolute Gasteiger partial charge is 0.393 e. The highest BCUT2D eigenvalue weighted by Crippen LogP contribution is 2.26. The van der Waals surface area contributed by atoms with Crippen LogP contribution in [0.2, 0.25) is 0 Å². The van der Waals surface area contributed by atoms with Crippen LogP contribution in [-0.4, -0.2) is 16.2 Å². The average Bonchev–Trinajstić information content (AvgIpc) is 2.68. The molecule has 2 N–H and O–H groups in total. The van der Waals surface area contributed by atoms with Gasteiger partial charge >= 0.3 is 0 Å². The van der Waals surface area contributed by atoms with Crippen LogP contribution >= 0.6 is 0 Å².